The zero-order chi connectivity index (χ0) is 19.2. The van der Waals surface area contributed by atoms with Gasteiger partial charge in [-0.3, -0.25) is 0 Å². The normalized spacial score (nSPS) is 25.4. The lowest BCUT2D eigenvalue weighted by Crippen LogP contribution is -2.48. The van der Waals surface area contributed by atoms with Crippen LogP contribution >= 0.6 is 0 Å². The average Bonchev–Trinajstić information content (AvgIpc) is 3.17. The van der Waals surface area contributed by atoms with E-state index in [0.29, 0.717) is 0 Å². The highest BCUT2D eigenvalue weighted by Crippen LogP contribution is 2.66. The van der Waals surface area contributed by atoms with Crippen LogP contribution in [-0.2, 0) is 15.9 Å². The van der Waals surface area contributed by atoms with Crippen molar-refractivity contribution >= 4 is 0 Å². The second kappa shape index (κ2) is 6.13. The van der Waals surface area contributed by atoms with Crippen molar-refractivity contribution in [3.05, 3.63) is 125 Å². The molecule has 0 fully saturated rings. The molecular weight excluding hydrogens is 344 g/mol. The van der Waals surface area contributed by atoms with E-state index in [9.17, 15) is 0 Å². The van der Waals surface area contributed by atoms with Gasteiger partial charge in [0, 0.05) is 16.7 Å². The molecule has 3 aromatic carbocycles. The van der Waals surface area contributed by atoms with Crippen LogP contribution in [0.15, 0.2) is 108 Å². The van der Waals surface area contributed by atoms with Crippen LogP contribution in [0.3, 0.4) is 0 Å². The molecule has 2 heterocycles. The first-order valence-electron chi connectivity index (χ1n) is 9.66. The molecule has 0 saturated carbocycles. The molecule has 0 saturated heterocycles. The van der Waals surface area contributed by atoms with Crippen molar-refractivity contribution in [2.45, 2.75) is 25.0 Å². The van der Waals surface area contributed by atoms with Crippen LogP contribution < -0.4 is 4.74 Å². The third kappa shape index (κ3) is 1.98. The Bertz CT molecular complexity index is 1080. The maximum Gasteiger partial charge on any atom is 0.295 e. The predicted molar refractivity (Wildman–Crippen MR) is 111 cm³/mol. The Labute approximate surface area is 165 Å². The lowest BCUT2D eigenvalue weighted by atomic mass is 9.64. The van der Waals surface area contributed by atoms with Gasteiger partial charge in [-0.05, 0) is 25.5 Å². The highest BCUT2D eigenvalue weighted by Gasteiger charge is 2.69. The summed E-state index contributed by atoms with van der Waals surface area (Å²) in [6.45, 7) is 4.08. The Balaban J connectivity index is 1.94. The highest BCUT2D eigenvalue weighted by atomic mass is 16.7. The van der Waals surface area contributed by atoms with Gasteiger partial charge in [0.2, 0.25) is 0 Å². The van der Waals surface area contributed by atoms with E-state index in [0.717, 1.165) is 33.8 Å². The number of hydrogen-bond acceptors (Lipinski definition) is 2. The minimum absolute atomic E-state index is 0.581. The summed E-state index contributed by atoms with van der Waals surface area (Å²) in [6, 6.07) is 29.2. The molecule has 2 aliphatic rings. The first kappa shape index (κ1) is 16.9. The van der Waals surface area contributed by atoms with Crippen LogP contribution in [0.2, 0.25) is 0 Å². The minimum Gasteiger partial charge on any atom is -0.451 e. The first-order valence-corrected chi connectivity index (χ1v) is 9.66. The second-order valence-corrected chi connectivity index (χ2v) is 7.27. The molecule has 0 spiro atoms. The van der Waals surface area contributed by atoms with Gasteiger partial charge in [-0.15, -0.1) is 0 Å². The molecule has 0 amide bonds. The summed E-state index contributed by atoms with van der Waals surface area (Å²) in [6.07, 6.45) is 4.24. The molecule has 138 valence electrons. The van der Waals surface area contributed by atoms with Crippen LogP contribution in [0.5, 0.6) is 5.75 Å². The third-order valence-electron chi connectivity index (χ3n) is 5.81. The third-order valence-corrected chi connectivity index (χ3v) is 5.81. The number of allylic oxidation sites excluding steroid dienone is 3. The minimum atomic E-state index is -0.974. The fraction of sp³-hybridized carbons (Fsp3) is 0.154. The van der Waals surface area contributed by atoms with E-state index in [2.05, 4.69) is 60.7 Å². The summed E-state index contributed by atoms with van der Waals surface area (Å²) in [5, 5.41) is 0. The molecule has 2 unspecified atom stereocenters. The van der Waals surface area contributed by atoms with Crippen LogP contribution in [0.4, 0.5) is 0 Å². The smallest absolute Gasteiger partial charge is 0.295 e. The number of fused-ring (bicyclic) bond motifs is 3. The molecule has 2 aliphatic heterocycles. The Morgan fingerprint density at radius 2 is 1.32 bits per heavy atom. The molecule has 0 radical (unpaired) electrons. The molecule has 0 bridgehead atoms. The molecular formula is C26H22O2. The van der Waals surface area contributed by atoms with E-state index in [1.165, 1.54) is 0 Å². The van der Waals surface area contributed by atoms with Gasteiger partial charge in [0.05, 0.1) is 0 Å². The number of hydrogen-bond donors (Lipinski definition) is 0. The van der Waals surface area contributed by atoms with Crippen LogP contribution in [0.25, 0.3) is 0 Å². The molecule has 2 heteroatoms. The van der Waals surface area contributed by atoms with Gasteiger partial charge in [-0.1, -0.05) is 91.0 Å². The van der Waals surface area contributed by atoms with Gasteiger partial charge in [0.25, 0.3) is 5.79 Å². The van der Waals surface area contributed by atoms with Crippen molar-refractivity contribution in [2.24, 2.45) is 0 Å². The molecule has 0 aromatic heterocycles. The Hall–Kier alpha value is -3.26. The molecule has 28 heavy (non-hydrogen) atoms. The van der Waals surface area contributed by atoms with Crippen molar-refractivity contribution in [2.75, 3.05) is 0 Å². The zero-order valence-electron chi connectivity index (χ0n) is 16.1. The summed E-state index contributed by atoms with van der Waals surface area (Å²) in [5.74, 6) is 0.781. The van der Waals surface area contributed by atoms with Crippen molar-refractivity contribution in [1.82, 2.24) is 0 Å². The average molecular weight is 366 g/mol. The molecule has 0 aliphatic carbocycles. The maximum atomic E-state index is 6.71. The summed E-state index contributed by atoms with van der Waals surface area (Å²) in [5.41, 5.74) is 3.86. The topological polar surface area (TPSA) is 18.5 Å². The summed E-state index contributed by atoms with van der Waals surface area (Å²) >= 11 is 0. The van der Waals surface area contributed by atoms with Gasteiger partial charge >= 0.3 is 0 Å². The van der Waals surface area contributed by atoms with Gasteiger partial charge in [-0.2, -0.15) is 0 Å². The highest BCUT2D eigenvalue weighted by molar-refractivity contribution is 5.66. The van der Waals surface area contributed by atoms with E-state index in [4.69, 9.17) is 9.47 Å². The van der Waals surface area contributed by atoms with E-state index >= 15 is 0 Å². The van der Waals surface area contributed by atoms with Gasteiger partial charge in [-0.25, -0.2) is 0 Å². The van der Waals surface area contributed by atoms with Crippen LogP contribution in [0, 0.1) is 0 Å². The molecule has 2 atom stereocenters. The number of para-hydroxylation sites is 1. The largest absolute Gasteiger partial charge is 0.451 e. The van der Waals surface area contributed by atoms with Crippen LogP contribution in [0.1, 0.15) is 30.5 Å². The molecule has 3 aromatic rings. The zero-order valence-corrected chi connectivity index (χ0v) is 16.1. The standard InChI is InChI=1S/C26H22O2/c1-3-12-22-19(2)27-26(21-15-8-5-9-16-21)25(22,20-13-6-4-7-14-20)23-17-10-11-18-24(23)28-26/h3-18H,1-2H3/b12-3-. The number of rotatable bonds is 3. The summed E-state index contributed by atoms with van der Waals surface area (Å²) in [7, 11) is 0. The molecule has 2 nitrogen and oxygen atoms in total. The van der Waals surface area contributed by atoms with Crippen molar-refractivity contribution < 1.29 is 9.47 Å². The number of benzene rings is 3. The summed E-state index contributed by atoms with van der Waals surface area (Å²) < 4.78 is 13.4. The van der Waals surface area contributed by atoms with Crippen molar-refractivity contribution in [1.29, 1.82) is 0 Å². The van der Waals surface area contributed by atoms with E-state index in [1.54, 1.807) is 0 Å². The fourth-order valence-electron chi connectivity index (χ4n) is 4.82. The van der Waals surface area contributed by atoms with E-state index in [1.807, 2.05) is 50.2 Å². The number of ether oxygens (including phenoxy) is 2. The van der Waals surface area contributed by atoms with E-state index < -0.39 is 11.2 Å². The molecule has 0 N–H and O–H groups in total. The lowest BCUT2D eigenvalue weighted by Gasteiger charge is -2.39. The summed E-state index contributed by atoms with van der Waals surface area (Å²) in [4.78, 5) is 0. The fourth-order valence-corrected chi connectivity index (χ4v) is 4.82. The Morgan fingerprint density at radius 3 is 2.00 bits per heavy atom. The van der Waals surface area contributed by atoms with Crippen LogP contribution in [-0.4, -0.2) is 0 Å². The second-order valence-electron chi connectivity index (χ2n) is 7.27. The predicted octanol–water partition coefficient (Wildman–Crippen LogP) is 6.10. The lowest BCUT2D eigenvalue weighted by molar-refractivity contribution is -0.160. The maximum absolute atomic E-state index is 6.71. The van der Waals surface area contributed by atoms with E-state index in [-0.39, 0.29) is 0 Å². The van der Waals surface area contributed by atoms with Crippen molar-refractivity contribution in [3.63, 3.8) is 0 Å². The first-order chi connectivity index (χ1) is 13.7. The van der Waals surface area contributed by atoms with Gasteiger partial charge in [0.15, 0.2) is 0 Å². The van der Waals surface area contributed by atoms with Gasteiger partial charge in [0.1, 0.15) is 16.9 Å². The quantitative estimate of drug-likeness (QED) is 0.558. The monoisotopic (exact) mass is 366 g/mol. The van der Waals surface area contributed by atoms with Crippen molar-refractivity contribution in [3.8, 4) is 5.75 Å². The Kier molecular flexibility index (Phi) is 3.70. The molecule has 5 rings (SSSR count). The van der Waals surface area contributed by atoms with Gasteiger partial charge < -0.3 is 9.47 Å². The SMILES string of the molecule is C/C=C\C1=C(C)OC2(c3ccccc3)Oc3ccccc3C12c1ccccc1. The Morgan fingerprint density at radius 1 is 0.714 bits per heavy atom.